The summed E-state index contributed by atoms with van der Waals surface area (Å²) in [5, 5.41) is 3.45. The minimum atomic E-state index is -4.43. The number of alkyl halides is 3. The zero-order chi connectivity index (χ0) is 20.6. The largest absolute Gasteiger partial charge is 0.393 e. The third kappa shape index (κ3) is 3.76. The molecular weight excluding hydrogens is 397 g/mol. The molecule has 0 bridgehead atoms. The number of aromatic nitrogens is 2. The highest BCUT2D eigenvalue weighted by Gasteiger charge is 2.57. The molecule has 1 fully saturated rings. The van der Waals surface area contributed by atoms with E-state index in [-0.39, 0.29) is 19.6 Å². The molecule has 2 aromatic heterocycles. The Morgan fingerprint density at radius 2 is 2.07 bits per heavy atom. The predicted molar refractivity (Wildman–Crippen MR) is 101 cm³/mol. The fraction of sp³-hybridized carbons (Fsp3) is 0.647. The first-order valence-electron chi connectivity index (χ1n) is 8.96. The third-order valence-electron chi connectivity index (χ3n) is 4.98. The van der Waals surface area contributed by atoms with E-state index in [1.807, 2.05) is 0 Å². The zero-order valence-corrected chi connectivity index (χ0v) is 16.5. The van der Waals surface area contributed by atoms with Crippen LogP contribution < -0.4 is 22.3 Å². The average molecular weight is 420 g/mol. The van der Waals surface area contributed by atoms with E-state index >= 15 is 0 Å². The van der Waals surface area contributed by atoms with Crippen molar-refractivity contribution in [1.82, 2.24) is 14.5 Å². The highest BCUT2D eigenvalue weighted by Crippen LogP contribution is 2.52. The Bertz CT molecular complexity index is 979. The summed E-state index contributed by atoms with van der Waals surface area (Å²) in [6.07, 6.45) is -4.67. The summed E-state index contributed by atoms with van der Waals surface area (Å²) in [7, 11) is 1.47. The van der Waals surface area contributed by atoms with Crippen LogP contribution in [0.2, 0.25) is 0 Å². The molecule has 1 saturated carbocycles. The standard InChI is InChI=1S/C17H23F3N4O3S/c1-9-12(8-22-4-3-21)28-15-13(9)14(25)24(11-7-10(11)17(18,19)20)16(26)23(15)5-6-27-2/h10-11,22H,3-8,21H2,1-2H3. The van der Waals surface area contributed by atoms with Crippen molar-refractivity contribution in [2.24, 2.45) is 11.7 Å². The van der Waals surface area contributed by atoms with Gasteiger partial charge >= 0.3 is 11.9 Å². The Morgan fingerprint density at radius 1 is 1.36 bits per heavy atom. The molecule has 0 saturated heterocycles. The van der Waals surface area contributed by atoms with Gasteiger partial charge in [0.15, 0.2) is 0 Å². The Labute approximate surface area is 162 Å². The number of halogens is 3. The quantitative estimate of drug-likeness (QED) is 0.629. The monoisotopic (exact) mass is 420 g/mol. The number of hydrogen-bond acceptors (Lipinski definition) is 6. The van der Waals surface area contributed by atoms with Crippen LogP contribution in [0, 0.1) is 12.8 Å². The van der Waals surface area contributed by atoms with E-state index in [9.17, 15) is 22.8 Å². The molecule has 2 unspecified atom stereocenters. The third-order valence-corrected chi connectivity index (χ3v) is 6.29. The molecular formula is C17H23F3N4O3S. The molecule has 0 amide bonds. The van der Waals surface area contributed by atoms with Crippen molar-refractivity contribution in [3.05, 3.63) is 31.3 Å². The van der Waals surface area contributed by atoms with Gasteiger partial charge in [0.2, 0.25) is 0 Å². The number of ether oxygens (including phenoxy) is 1. The van der Waals surface area contributed by atoms with Gasteiger partial charge in [0.25, 0.3) is 5.56 Å². The highest BCUT2D eigenvalue weighted by molar-refractivity contribution is 7.18. The van der Waals surface area contributed by atoms with E-state index in [1.165, 1.54) is 23.0 Å². The minimum absolute atomic E-state index is 0.158. The van der Waals surface area contributed by atoms with Crippen LogP contribution in [0.5, 0.6) is 0 Å². The SMILES string of the molecule is COCCn1c(=O)n(C2CC2C(F)(F)F)c(=O)c2c(C)c(CNCCN)sc21. The van der Waals surface area contributed by atoms with Crippen molar-refractivity contribution in [2.75, 3.05) is 26.8 Å². The number of methoxy groups -OCH3 is 1. The summed E-state index contributed by atoms with van der Waals surface area (Å²) in [5.74, 6) is -1.66. The summed E-state index contributed by atoms with van der Waals surface area (Å²) in [6.45, 7) is 3.63. The van der Waals surface area contributed by atoms with Gasteiger partial charge in [0.05, 0.1) is 30.5 Å². The molecule has 3 rings (SSSR count). The Kier molecular flexibility index (Phi) is 5.99. The van der Waals surface area contributed by atoms with Crippen LogP contribution in [0.3, 0.4) is 0 Å². The lowest BCUT2D eigenvalue weighted by Crippen LogP contribution is -2.40. The number of nitrogens with zero attached hydrogens (tertiary/aromatic N) is 2. The van der Waals surface area contributed by atoms with Gasteiger partial charge in [0.1, 0.15) is 4.83 Å². The number of rotatable bonds is 8. The minimum Gasteiger partial charge on any atom is -0.383 e. The van der Waals surface area contributed by atoms with Crippen LogP contribution in [-0.2, 0) is 17.8 Å². The molecule has 0 aromatic carbocycles. The highest BCUT2D eigenvalue weighted by atomic mass is 32.1. The molecule has 3 N–H and O–H groups in total. The summed E-state index contributed by atoms with van der Waals surface area (Å²) < 4.78 is 46.3. The van der Waals surface area contributed by atoms with Crippen LogP contribution in [0.1, 0.15) is 22.9 Å². The van der Waals surface area contributed by atoms with Gasteiger partial charge in [-0.25, -0.2) is 4.79 Å². The molecule has 0 radical (unpaired) electrons. The van der Waals surface area contributed by atoms with Gasteiger partial charge in [-0.2, -0.15) is 13.2 Å². The van der Waals surface area contributed by atoms with Crippen molar-refractivity contribution in [3.8, 4) is 0 Å². The first-order chi connectivity index (χ1) is 13.2. The van der Waals surface area contributed by atoms with Crippen LogP contribution in [-0.4, -0.2) is 42.1 Å². The van der Waals surface area contributed by atoms with E-state index in [0.29, 0.717) is 35.4 Å². The molecule has 7 nitrogen and oxygen atoms in total. The Morgan fingerprint density at radius 3 is 2.64 bits per heavy atom. The number of hydrogen-bond donors (Lipinski definition) is 2. The predicted octanol–water partition coefficient (Wildman–Crippen LogP) is 1.35. The molecule has 11 heteroatoms. The molecule has 28 heavy (non-hydrogen) atoms. The number of thiophene rings is 1. The van der Waals surface area contributed by atoms with Gasteiger partial charge in [-0.15, -0.1) is 11.3 Å². The topological polar surface area (TPSA) is 91.3 Å². The van der Waals surface area contributed by atoms with E-state index in [1.54, 1.807) is 6.92 Å². The van der Waals surface area contributed by atoms with Crippen LogP contribution in [0.4, 0.5) is 13.2 Å². The average Bonchev–Trinajstić information content (AvgIpc) is 3.34. The van der Waals surface area contributed by atoms with Crippen LogP contribution >= 0.6 is 11.3 Å². The van der Waals surface area contributed by atoms with Crippen molar-refractivity contribution in [3.63, 3.8) is 0 Å². The fourth-order valence-corrected chi connectivity index (χ4v) is 4.66. The van der Waals surface area contributed by atoms with Gasteiger partial charge in [0, 0.05) is 31.6 Å². The molecule has 1 aliphatic carbocycles. The Hall–Kier alpha value is -1.69. The van der Waals surface area contributed by atoms with Crippen molar-refractivity contribution < 1.29 is 17.9 Å². The lowest BCUT2D eigenvalue weighted by atomic mass is 10.2. The second-order valence-electron chi connectivity index (χ2n) is 6.85. The van der Waals surface area contributed by atoms with Gasteiger partial charge < -0.3 is 15.8 Å². The van der Waals surface area contributed by atoms with Gasteiger partial charge in [-0.1, -0.05) is 0 Å². The molecule has 1 aliphatic rings. The van der Waals surface area contributed by atoms with Crippen LogP contribution in [0.25, 0.3) is 10.2 Å². The van der Waals surface area contributed by atoms with Crippen molar-refractivity contribution >= 4 is 21.6 Å². The maximum atomic E-state index is 13.1. The van der Waals surface area contributed by atoms with Gasteiger partial charge in [-0.05, 0) is 18.9 Å². The second-order valence-corrected chi connectivity index (χ2v) is 7.93. The molecule has 156 valence electrons. The normalized spacial score (nSPS) is 19.5. The number of nitrogens with two attached hydrogens (primary N) is 1. The van der Waals surface area contributed by atoms with Crippen LogP contribution in [0.15, 0.2) is 9.59 Å². The number of nitrogens with one attached hydrogen (secondary N) is 1. The van der Waals surface area contributed by atoms with Crippen molar-refractivity contribution in [2.45, 2.75) is 38.7 Å². The molecule has 0 aliphatic heterocycles. The molecule has 2 atom stereocenters. The lowest BCUT2D eigenvalue weighted by Gasteiger charge is -2.12. The van der Waals surface area contributed by atoms with Gasteiger partial charge in [-0.3, -0.25) is 13.9 Å². The zero-order valence-electron chi connectivity index (χ0n) is 15.6. The maximum absolute atomic E-state index is 13.1. The van der Waals surface area contributed by atoms with E-state index in [0.717, 1.165) is 9.44 Å². The summed E-state index contributed by atoms with van der Waals surface area (Å²) in [5.41, 5.74) is 4.79. The lowest BCUT2D eigenvalue weighted by molar-refractivity contribution is -0.150. The van der Waals surface area contributed by atoms with E-state index in [2.05, 4.69) is 5.32 Å². The van der Waals surface area contributed by atoms with E-state index < -0.39 is 29.4 Å². The second kappa shape index (κ2) is 7.97. The first-order valence-corrected chi connectivity index (χ1v) is 9.77. The fourth-order valence-electron chi connectivity index (χ4n) is 3.37. The molecule has 2 heterocycles. The summed E-state index contributed by atoms with van der Waals surface area (Å²) in [6, 6.07) is -1.14. The Balaban J connectivity index is 2.15. The number of aryl methyl sites for hydroxylation is 1. The smallest absolute Gasteiger partial charge is 0.383 e. The van der Waals surface area contributed by atoms with Crippen molar-refractivity contribution in [1.29, 1.82) is 0 Å². The molecule has 0 spiro atoms. The van der Waals surface area contributed by atoms with E-state index in [4.69, 9.17) is 10.5 Å². The summed E-state index contributed by atoms with van der Waals surface area (Å²) >= 11 is 1.30. The first kappa shape index (κ1) is 21.0. The number of fused-ring (bicyclic) bond motifs is 1. The maximum Gasteiger partial charge on any atom is 0.393 e. The summed E-state index contributed by atoms with van der Waals surface area (Å²) in [4.78, 5) is 27.3. The molecule has 2 aromatic rings.